The second-order valence-electron chi connectivity index (χ2n) is 5.90. The smallest absolute Gasteiger partial charge is 0.294 e. The Balaban J connectivity index is 1.76. The molecule has 0 saturated heterocycles. The van der Waals surface area contributed by atoms with E-state index in [2.05, 4.69) is 41.4 Å². The first kappa shape index (κ1) is 16.2. The number of benzene rings is 2. The molecular weight excluding hydrogens is 322 g/mol. The molecule has 0 fully saturated rings. The Morgan fingerprint density at radius 1 is 0.808 bits per heavy atom. The molecule has 26 heavy (non-hydrogen) atoms. The zero-order valence-electron chi connectivity index (χ0n) is 14.6. The monoisotopic (exact) mass is 341 g/mol. The summed E-state index contributed by atoms with van der Waals surface area (Å²) in [6.45, 7) is 2.48. The van der Waals surface area contributed by atoms with Gasteiger partial charge in [-0.3, -0.25) is 4.98 Å². The summed E-state index contributed by atoms with van der Waals surface area (Å²) in [5, 5.41) is 0. The zero-order valence-corrected chi connectivity index (χ0v) is 14.6. The quantitative estimate of drug-likeness (QED) is 0.441. The van der Waals surface area contributed by atoms with E-state index >= 15 is 0 Å². The van der Waals surface area contributed by atoms with Crippen molar-refractivity contribution in [3.63, 3.8) is 0 Å². The Kier molecular flexibility index (Phi) is 4.52. The maximum Gasteiger partial charge on any atom is 0.294 e. The molecule has 0 atom stereocenters. The van der Waals surface area contributed by atoms with E-state index in [0.29, 0.717) is 12.6 Å². The lowest BCUT2D eigenvalue weighted by Gasteiger charge is -2.07. The molecule has 0 saturated carbocycles. The summed E-state index contributed by atoms with van der Waals surface area (Å²) in [7, 11) is 0. The van der Waals surface area contributed by atoms with E-state index in [9.17, 15) is 0 Å². The van der Waals surface area contributed by atoms with E-state index in [1.54, 1.807) is 12.5 Å². The molecule has 0 spiro atoms. The molecule has 0 N–H and O–H groups in total. The molecule has 0 bridgehead atoms. The molecule has 3 heteroatoms. The lowest BCUT2D eigenvalue weighted by molar-refractivity contribution is 0.259. The number of nitrogens with zero attached hydrogens (tertiary/aromatic N) is 1. The highest BCUT2D eigenvalue weighted by Crippen LogP contribution is 2.40. The maximum atomic E-state index is 5.70. The molecule has 4 aromatic rings. The van der Waals surface area contributed by atoms with Gasteiger partial charge >= 0.3 is 0 Å². The predicted molar refractivity (Wildman–Crippen MR) is 104 cm³/mol. The zero-order chi connectivity index (χ0) is 17.8. The van der Waals surface area contributed by atoms with Gasteiger partial charge in [0, 0.05) is 11.8 Å². The van der Waals surface area contributed by atoms with Crippen molar-refractivity contribution in [2.45, 2.75) is 6.92 Å². The minimum absolute atomic E-state index is 0.508. The van der Waals surface area contributed by atoms with Crippen molar-refractivity contribution < 1.29 is 9.15 Å². The molecule has 2 heterocycles. The molecule has 2 aromatic carbocycles. The summed E-state index contributed by atoms with van der Waals surface area (Å²) >= 11 is 0. The van der Waals surface area contributed by atoms with Crippen LogP contribution in [0, 0.1) is 0 Å². The lowest BCUT2D eigenvalue weighted by Crippen LogP contribution is -1.93. The standard InChI is InChI=1S/C23H19NO2/c1-2-25-23-22(21-10-6-7-15-24-21)20(16-26-23)19-13-11-18(12-14-19)17-8-4-3-5-9-17/h3-16H,2H2,1H3. The van der Waals surface area contributed by atoms with Gasteiger partial charge in [-0.1, -0.05) is 60.7 Å². The van der Waals surface area contributed by atoms with Crippen molar-refractivity contribution in [3.8, 4) is 39.5 Å². The molecule has 128 valence electrons. The van der Waals surface area contributed by atoms with Gasteiger partial charge in [0.1, 0.15) is 6.26 Å². The van der Waals surface area contributed by atoms with Gasteiger partial charge in [0.2, 0.25) is 0 Å². The average Bonchev–Trinajstić information content (AvgIpc) is 3.13. The summed E-state index contributed by atoms with van der Waals surface area (Å²) < 4.78 is 11.4. The van der Waals surface area contributed by atoms with Gasteiger partial charge in [-0.2, -0.15) is 0 Å². The minimum Gasteiger partial charge on any atom is -0.465 e. The van der Waals surface area contributed by atoms with Crippen LogP contribution >= 0.6 is 0 Å². The third kappa shape index (κ3) is 3.11. The lowest BCUT2D eigenvalue weighted by atomic mass is 9.98. The van der Waals surface area contributed by atoms with Gasteiger partial charge in [-0.25, -0.2) is 0 Å². The first-order valence-electron chi connectivity index (χ1n) is 8.68. The van der Waals surface area contributed by atoms with E-state index in [1.165, 1.54) is 11.1 Å². The minimum atomic E-state index is 0.508. The van der Waals surface area contributed by atoms with Crippen LogP contribution in [0.1, 0.15) is 6.92 Å². The summed E-state index contributed by atoms with van der Waals surface area (Å²) in [5.74, 6) is 0.508. The SMILES string of the molecule is CCOc1occ(-c2ccc(-c3ccccc3)cc2)c1-c1ccccn1. The second-order valence-corrected chi connectivity index (χ2v) is 5.90. The normalized spacial score (nSPS) is 10.7. The molecule has 2 aromatic heterocycles. The molecule has 0 aliphatic rings. The molecule has 0 aliphatic heterocycles. The van der Waals surface area contributed by atoms with E-state index in [1.807, 2.05) is 43.3 Å². The highest BCUT2D eigenvalue weighted by Gasteiger charge is 2.19. The van der Waals surface area contributed by atoms with Crippen LogP contribution in [0.5, 0.6) is 5.95 Å². The first-order valence-corrected chi connectivity index (χ1v) is 8.68. The van der Waals surface area contributed by atoms with Crippen LogP contribution in [0.3, 0.4) is 0 Å². The van der Waals surface area contributed by atoms with Crippen LogP contribution in [0.4, 0.5) is 0 Å². The number of hydrogen-bond donors (Lipinski definition) is 0. The van der Waals surface area contributed by atoms with Gasteiger partial charge in [0.15, 0.2) is 0 Å². The van der Waals surface area contributed by atoms with Crippen LogP contribution in [-0.2, 0) is 0 Å². The largest absolute Gasteiger partial charge is 0.465 e. The van der Waals surface area contributed by atoms with E-state index in [0.717, 1.165) is 22.4 Å². The molecule has 0 amide bonds. The Labute approximate surface area is 152 Å². The fourth-order valence-corrected chi connectivity index (χ4v) is 3.02. The third-order valence-electron chi connectivity index (χ3n) is 4.26. The van der Waals surface area contributed by atoms with Crippen molar-refractivity contribution in [3.05, 3.63) is 85.3 Å². The van der Waals surface area contributed by atoms with Crippen LogP contribution in [0.2, 0.25) is 0 Å². The molecular formula is C23H19NO2. The highest BCUT2D eigenvalue weighted by atomic mass is 16.6. The number of rotatable bonds is 5. The molecule has 3 nitrogen and oxygen atoms in total. The average molecular weight is 341 g/mol. The predicted octanol–water partition coefficient (Wildman–Crippen LogP) is 6.07. The van der Waals surface area contributed by atoms with Crippen LogP contribution in [-0.4, -0.2) is 11.6 Å². The van der Waals surface area contributed by atoms with E-state index < -0.39 is 0 Å². The van der Waals surface area contributed by atoms with Gasteiger partial charge < -0.3 is 9.15 Å². The second kappa shape index (κ2) is 7.28. The molecule has 0 unspecified atom stereocenters. The molecule has 4 rings (SSSR count). The van der Waals surface area contributed by atoms with Crippen molar-refractivity contribution in [2.75, 3.05) is 6.61 Å². The third-order valence-corrected chi connectivity index (χ3v) is 4.26. The summed E-state index contributed by atoms with van der Waals surface area (Å²) in [6, 6.07) is 24.6. The summed E-state index contributed by atoms with van der Waals surface area (Å²) in [4.78, 5) is 4.48. The number of furan rings is 1. The number of ether oxygens (including phenoxy) is 1. The van der Waals surface area contributed by atoms with Crippen LogP contribution < -0.4 is 4.74 Å². The summed E-state index contributed by atoms with van der Waals surface area (Å²) in [6.07, 6.45) is 3.52. The van der Waals surface area contributed by atoms with Crippen LogP contribution in [0.25, 0.3) is 33.5 Å². The van der Waals surface area contributed by atoms with Gasteiger partial charge in [0.05, 0.1) is 17.9 Å². The fourth-order valence-electron chi connectivity index (χ4n) is 3.02. The number of aromatic nitrogens is 1. The Bertz CT molecular complexity index is 974. The van der Waals surface area contributed by atoms with Gasteiger partial charge in [-0.05, 0) is 35.7 Å². The number of pyridine rings is 1. The van der Waals surface area contributed by atoms with Crippen LogP contribution in [0.15, 0.2) is 89.7 Å². The summed E-state index contributed by atoms with van der Waals surface area (Å²) in [5.41, 5.74) is 6.16. The fraction of sp³-hybridized carbons (Fsp3) is 0.0870. The van der Waals surface area contributed by atoms with Crippen molar-refractivity contribution >= 4 is 0 Å². The number of hydrogen-bond acceptors (Lipinski definition) is 3. The van der Waals surface area contributed by atoms with E-state index in [-0.39, 0.29) is 0 Å². The van der Waals surface area contributed by atoms with Gasteiger partial charge in [-0.15, -0.1) is 0 Å². The van der Waals surface area contributed by atoms with Crippen molar-refractivity contribution in [1.29, 1.82) is 0 Å². The molecule has 0 radical (unpaired) electrons. The maximum absolute atomic E-state index is 5.70. The topological polar surface area (TPSA) is 35.3 Å². The van der Waals surface area contributed by atoms with E-state index in [4.69, 9.17) is 9.15 Å². The first-order chi connectivity index (χ1) is 12.9. The molecule has 0 aliphatic carbocycles. The Morgan fingerprint density at radius 2 is 1.50 bits per heavy atom. The van der Waals surface area contributed by atoms with Crippen molar-refractivity contribution in [2.24, 2.45) is 0 Å². The van der Waals surface area contributed by atoms with Crippen molar-refractivity contribution in [1.82, 2.24) is 4.98 Å². The van der Waals surface area contributed by atoms with Gasteiger partial charge in [0.25, 0.3) is 5.95 Å². The highest BCUT2D eigenvalue weighted by molar-refractivity contribution is 5.85. The Morgan fingerprint density at radius 3 is 2.19 bits per heavy atom. The Hall–Kier alpha value is -3.33.